The van der Waals surface area contributed by atoms with Gasteiger partial charge in [-0.1, -0.05) is 42.5 Å². The van der Waals surface area contributed by atoms with Crippen LogP contribution in [0.3, 0.4) is 0 Å². The highest BCUT2D eigenvalue weighted by Gasteiger charge is 2.17. The van der Waals surface area contributed by atoms with Crippen LogP contribution in [0.2, 0.25) is 0 Å². The monoisotopic (exact) mass is 440 g/mol. The van der Waals surface area contributed by atoms with Crippen LogP contribution in [0, 0.1) is 11.3 Å². The van der Waals surface area contributed by atoms with Gasteiger partial charge in [-0.15, -0.1) is 11.3 Å². The van der Waals surface area contributed by atoms with Crippen molar-refractivity contribution >= 4 is 27.2 Å². The van der Waals surface area contributed by atoms with E-state index in [0.717, 1.165) is 54.3 Å². The Morgan fingerprint density at radius 1 is 0.906 bits per heavy atom. The molecule has 1 aliphatic rings. The van der Waals surface area contributed by atoms with Crippen LogP contribution in [0.25, 0.3) is 10.2 Å². The lowest BCUT2D eigenvalue weighted by Crippen LogP contribution is -2.45. The molecule has 1 aromatic heterocycles. The molecule has 0 amide bonds. The second kappa shape index (κ2) is 9.39. The molecule has 1 fully saturated rings. The van der Waals surface area contributed by atoms with Gasteiger partial charge in [-0.2, -0.15) is 5.26 Å². The van der Waals surface area contributed by atoms with E-state index < -0.39 is 0 Å². The maximum Gasteiger partial charge on any atom is 0.195 e. The Bertz CT molecular complexity index is 1240. The molecule has 0 atom stereocenters. The number of benzene rings is 3. The van der Waals surface area contributed by atoms with E-state index in [9.17, 15) is 0 Å². The predicted molar refractivity (Wildman–Crippen MR) is 129 cm³/mol. The molecule has 0 radical (unpaired) electrons. The Morgan fingerprint density at radius 2 is 1.72 bits per heavy atom. The van der Waals surface area contributed by atoms with Gasteiger partial charge in [0.25, 0.3) is 0 Å². The molecule has 1 saturated heterocycles. The number of anilines is 1. The van der Waals surface area contributed by atoms with Gasteiger partial charge in [0, 0.05) is 38.4 Å². The maximum absolute atomic E-state index is 9.03. The van der Waals surface area contributed by atoms with Gasteiger partial charge in [0.2, 0.25) is 0 Å². The fraction of sp³-hybridized carbons (Fsp3) is 0.231. The summed E-state index contributed by atoms with van der Waals surface area (Å²) in [4.78, 5) is 9.25. The molecule has 0 aliphatic carbocycles. The van der Waals surface area contributed by atoms with E-state index in [0.29, 0.717) is 11.6 Å². The van der Waals surface area contributed by atoms with Crippen LogP contribution in [0.15, 0.2) is 72.8 Å². The third kappa shape index (κ3) is 4.75. The average molecular weight is 441 g/mol. The van der Waals surface area contributed by atoms with Crippen molar-refractivity contribution < 1.29 is 4.74 Å². The molecule has 4 aromatic rings. The zero-order valence-corrected chi connectivity index (χ0v) is 18.6. The number of aromatic nitrogens is 1. The number of hydrogen-bond donors (Lipinski definition) is 0. The summed E-state index contributed by atoms with van der Waals surface area (Å²) in [6, 6.07) is 27.2. The number of rotatable bonds is 6. The first-order chi connectivity index (χ1) is 15.8. The number of ether oxygens (including phenoxy) is 1. The Balaban J connectivity index is 1.17. The van der Waals surface area contributed by atoms with E-state index in [1.165, 1.54) is 22.6 Å². The number of piperazine rings is 1. The summed E-state index contributed by atoms with van der Waals surface area (Å²) in [7, 11) is 0. The Morgan fingerprint density at radius 3 is 2.53 bits per heavy atom. The topological polar surface area (TPSA) is 52.4 Å². The van der Waals surface area contributed by atoms with Crippen molar-refractivity contribution in [2.45, 2.75) is 13.2 Å². The molecule has 160 valence electrons. The largest absolute Gasteiger partial charge is 0.489 e. The van der Waals surface area contributed by atoms with E-state index in [2.05, 4.69) is 75.5 Å². The van der Waals surface area contributed by atoms with Crippen molar-refractivity contribution in [1.82, 2.24) is 9.88 Å². The molecule has 5 rings (SSSR count). The number of para-hydroxylation sites is 1. The van der Waals surface area contributed by atoms with Gasteiger partial charge >= 0.3 is 0 Å². The van der Waals surface area contributed by atoms with Crippen molar-refractivity contribution in [3.63, 3.8) is 0 Å². The number of thiazole rings is 1. The van der Waals surface area contributed by atoms with Gasteiger partial charge in [0.05, 0.1) is 10.2 Å². The molecule has 6 heteroatoms. The van der Waals surface area contributed by atoms with Gasteiger partial charge < -0.3 is 9.64 Å². The smallest absolute Gasteiger partial charge is 0.195 e. The van der Waals surface area contributed by atoms with Crippen LogP contribution < -0.4 is 9.64 Å². The summed E-state index contributed by atoms with van der Waals surface area (Å²) in [6.07, 6.45) is 0. The first-order valence-corrected chi connectivity index (χ1v) is 11.6. The number of nitriles is 1. The van der Waals surface area contributed by atoms with Gasteiger partial charge in [-0.3, -0.25) is 4.90 Å². The van der Waals surface area contributed by atoms with E-state index in [1.807, 2.05) is 18.2 Å². The number of hydrogen-bond acceptors (Lipinski definition) is 6. The third-order valence-corrected chi connectivity index (χ3v) is 6.68. The summed E-state index contributed by atoms with van der Waals surface area (Å²) in [5.74, 6) is 0.799. The molecule has 0 N–H and O–H groups in total. The number of nitrogens with zero attached hydrogens (tertiary/aromatic N) is 4. The van der Waals surface area contributed by atoms with E-state index in [1.54, 1.807) is 0 Å². The zero-order valence-electron chi connectivity index (χ0n) is 17.8. The van der Waals surface area contributed by atoms with Crippen molar-refractivity contribution in [1.29, 1.82) is 5.26 Å². The Hall–Kier alpha value is -3.40. The highest BCUT2D eigenvalue weighted by atomic mass is 32.1. The quantitative estimate of drug-likeness (QED) is 0.419. The van der Waals surface area contributed by atoms with E-state index in [4.69, 9.17) is 10.00 Å². The molecular weight excluding hydrogens is 416 g/mol. The lowest BCUT2D eigenvalue weighted by atomic mass is 10.1. The summed E-state index contributed by atoms with van der Waals surface area (Å²) in [6.45, 7) is 5.72. The molecule has 1 aliphatic heterocycles. The summed E-state index contributed by atoms with van der Waals surface area (Å²) in [5.41, 5.74) is 4.63. The maximum atomic E-state index is 9.03. The van der Waals surface area contributed by atoms with Crippen LogP contribution >= 0.6 is 11.3 Å². The molecule has 3 aromatic carbocycles. The van der Waals surface area contributed by atoms with Crippen molar-refractivity contribution in [2.24, 2.45) is 0 Å². The van der Waals surface area contributed by atoms with Crippen LogP contribution in [0.1, 0.15) is 16.1 Å². The Labute approximate surface area is 192 Å². The van der Waals surface area contributed by atoms with Crippen molar-refractivity contribution in [2.75, 3.05) is 31.1 Å². The second-order valence-electron chi connectivity index (χ2n) is 7.97. The average Bonchev–Trinajstić information content (AvgIpc) is 3.27. The van der Waals surface area contributed by atoms with Crippen LogP contribution in [-0.2, 0) is 13.2 Å². The van der Waals surface area contributed by atoms with Gasteiger partial charge in [-0.25, -0.2) is 4.98 Å². The fourth-order valence-electron chi connectivity index (χ4n) is 4.09. The van der Waals surface area contributed by atoms with Crippen molar-refractivity contribution in [3.05, 3.63) is 88.9 Å². The normalized spacial score (nSPS) is 14.4. The second-order valence-corrected chi connectivity index (χ2v) is 9.00. The summed E-state index contributed by atoms with van der Waals surface area (Å²) in [5, 5.41) is 9.51. The van der Waals surface area contributed by atoms with Crippen LogP contribution in [0.4, 0.5) is 5.69 Å². The summed E-state index contributed by atoms with van der Waals surface area (Å²) >= 11 is 1.39. The molecule has 0 unspecified atom stereocenters. The summed E-state index contributed by atoms with van der Waals surface area (Å²) < 4.78 is 7.00. The van der Waals surface area contributed by atoms with Gasteiger partial charge in [0.15, 0.2) is 5.01 Å². The molecule has 2 heterocycles. The lowest BCUT2D eigenvalue weighted by Gasteiger charge is -2.36. The molecular formula is C26H24N4OS. The third-order valence-electron chi connectivity index (χ3n) is 5.75. The van der Waals surface area contributed by atoms with E-state index in [-0.39, 0.29) is 0 Å². The van der Waals surface area contributed by atoms with Crippen LogP contribution in [-0.4, -0.2) is 36.1 Å². The highest BCUT2D eigenvalue weighted by Crippen LogP contribution is 2.26. The number of fused-ring (bicyclic) bond motifs is 1. The standard InChI is InChI=1S/C26H24N4OS/c27-17-26-28-24-10-9-23(16-25(24)32-26)31-19-21-6-4-5-20(15-21)18-29-11-13-30(14-12-29)22-7-2-1-3-8-22/h1-10,15-16H,11-14,18-19H2. The fourth-order valence-corrected chi connectivity index (χ4v) is 4.88. The molecule has 0 bridgehead atoms. The zero-order chi connectivity index (χ0) is 21.8. The van der Waals surface area contributed by atoms with E-state index >= 15 is 0 Å². The minimum atomic E-state index is 0.481. The lowest BCUT2D eigenvalue weighted by molar-refractivity contribution is 0.249. The molecule has 32 heavy (non-hydrogen) atoms. The minimum absolute atomic E-state index is 0.481. The SMILES string of the molecule is N#Cc1nc2ccc(OCc3cccc(CN4CCN(c5ccccc5)CC4)c3)cc2s1. The molecule has 0 spiro atoms. The van der Waals surface area contributed by atoms with Crippen molar-refractivity contribution in [3.8, 4) is 11.8 Å². The van der Waals surface area contributed by atoms with Crippen LogP contribution in [0.5, 0.6) is 5.75 Å². The highest BCUT2D eigenvalue weighted by molar-refractivity contribution is 7.19. The molecule has 0 saturated carbocycles. The first kappa shape index (κ1) is 20.5. The first-order valence-electron chi connectivity index (χ1n) is 10.8. The Kier molecular flexibility index (Phi) is 6.02. The predicted octanol–water partition coefficient (Wildman–Crippen LogP) is 5.07. The molecule has 5 nitrogen and oxygen atoms in total. The minimum Gasteiger partial charge on any atom is -0.489 e. The van der Waals surface area contributed by atoms with Gasteiger partial charge in [-0.05, 0) is 41.5 Å². The van der Waals surface area contributed by atoms with Gasteiger partial charge in [0.1, 0.15) is 18.4 Å².